The molecule has 0 aliphatic carbocycles. The van der Waals surface area contributed by atoms with Crippen LogP contribution in [0.3, 0.4) is 0 Å². The zero-order valence-electron chi connectivity index (χ0n) is 19.1. The highest BCUT2D eigenvalue weighted by Gasteiger charge is 2.30. The van der Waals surface area contributed by atoms with Crippen LogP contribution in [0, 0.1) is 11.7 Å². The zero-order valence-corrected chi connectivity index (χ0v) is 19.1. The molecule has 1 fully saturated rings. The van der Waals surface area contributed by atoms with Crippen LogP contribution in [0.15, 0.2) is 61.1 Å². The summed E-state index contributed by atoms with van der Waals surface area (Å²) in [4.78, 5) is 28.7. The van der Waals surface area contributed by atoms with E-state index >= 15 is 0 Å². The quantitative estimate of drug-likeness (QED) is 0.577. The van der Waals surface area contributed by atoms with E-state index < -0.39 is 5.82 Å². The standard InChI is InChI=1S/C26H30FN5O/c1-18(2)25-29-15-19(16-30-25)17-32-12-9-20(10-13-32)24(23-8-3-4-11-28-23)31-26(33)21-6-5-7-22(27)14-21/h3-8,11,14-16,18,20,24H,9-10,12-13,17H2,1-2H3,(H,31,33)/t24-/m1/s1. The van der Waals surface area contributed by atoms with Gasteiger partial charge in [-0.15, -0.1) is 0 Å². The maximum Gasteiger partial charge on any atom is 0.251 e. The van der Waals surface area contributed by atoms with Crippen molar-refractivity contribution in [2.24, 2.45) is 5.92 Å². The fourth-order valence-corrected chi connectivity index (χ4v) is 4.29. The van der Waals surface area contributed by atoms with Gasteiger partial charge in [-0.2, -0.15) is 0 Å². The monoisotopic (exact) mass is 447 g/mol. The summed E-state index contributed by atoms with van der Waals surface area (Å²) >= 11 is 0. The van der Waals surface area contributed by atoms with E-state index in [9.17, 15) is 9.18 Å². The first-order valence-electron chi connectivity index (χ1n) is 11.5. The number of rotatable bonds is 7. The Labute approximate surface area is 194 Å². The van der Waals surface area contributed by atoms with Crippen molar-refractivity contribution in [3.63, 3.8) is 0 Å². The average molecular weight is 448 g/mol. The molecule has 0 spiro atoms. The van der Waals surface area contributed by atoms with Gasteiger partial charge in [0, 0.05) is 42.2 Å². The second-order valence-electron chi connectivity index (χ2n) is 8.93. The summed E-state index contributed by atoms with van der Waals surface area (Å²) < 4.78 is 13.6. The van der Waals surface area contributed by atoms with Gasteiger partial charge in [0.2, 0.25) is 0 Å². The number of amides is 1. The molecular weight excluding hydrogens is 417 g/mol. The molecule has 7 heteroatoms. The lowest BCUT2D eigenvalue weighted by atomic mass is 9.87. The normalized spacial score (nSPS) is 16.0. The van der Waals surface area contributed by atoms with Gasteiger partial charge in [0.1, 0.15) is 11.6 Å². The number of halogens is 1. The van der Waals surface area contributed by atoms with Crippen LogP contribution in [0.5, 0.6) is 0 Å². The Morgan fingerprint density at radius 1 is 1.09 bits per heavy atom. The van der Waals surface area contributed by atoms with Crippen LogP contribution < -0.4 is 5.32 Å². The maximum absolute atomic E-state index is 13.6. The van der Waals surface area contributed by atoms with Crippen molar-refractivity contribution >= 4 is 5.91 Å². The van der Waals surface area contributed by atoms with E-state index in [4.69, 9.17) is 0 Å². The highest BCUT2D eigenvalue weighted by atomic mass is 19.1. The van der Waals surface area contributed by atoms with Gasteiger partial charge < -0.3 is 5.32 Å². The molecule has 0 radical (unpaired) electrons. The predicted molar refractivity (Wildman–Crippen MR) is 125 cm³/mol. The van der Waals surface area contributed by atoms with Gasteiger partial charge in [-0.25, -0.2) is 14.4 Å². The van der Waals surface area contributed by atoms with Crippen LogP contribution in [0.1, 0.15) is 66.1 Å². The lowest BCUT2D eigenvalue weighted by Gasteiger charge is -2.36. The minimum absolute atomic E-state index is 0.224. The highest BCUT2D eigenvalue weighted by Crippen LogP contribution is 2.31. The fourth-order valence-electron chi connectivity index (χ4n) is 4.29. The van der Waals surface area contributed by atoms with Crippen molar-refractivity contribution in [1.29, 1.82) is 0 Å². The molecule has 1 atom stereocenters. The predicted octanol–water partition coefficient (Wildman–Crippen LogP) is 4.52. The summed E-state index contributed by atoms with van der Waals surface area (Å²) in [5.41, 5.74) is 2.26. The molecule has 172 valence electrons. The summed E-state index contributed by atoms with van der Waals surface area (Å²) in [6.45, 7) is 6.82. The van der Waals surface area contributed by atoms with Gasteiger partial charge in [0.15, 0.2) is 0 Å². The number of aromatic nitrogens is 3. The number of nitrogens with one attached hydrogen (secondary N) is 1. The van der Waals surface area contributed by atoms with Crippen molar-refractivity contribution in [3.05, 3.63) is 89.5 Å². The van der Waals surface area contributed by atoms with E-state index in [0.717, 1.165) is 49.6 Å². The Bertz CT molecular complexity index is 1050. The molecule has 2 aromatic heterocycles. The van der Waals surface area contributed by atoms with Crippen LogP contribution in [-0.2, 0) is 6.54 Å². The van der Waals surface area contributed by atoms with Gasteiger partial charge in [0.05, 0.1) is 11.7 Å². The minimum Gasteiger partial charge on any atom is -0.343 e. The Kier molecular flexibility index (Phi) is 7.40. The molecule has 1 aliphatic rings. The molecular formula is C26H30FN5O. The Hall–Kier alpha value is -3.19. The molecule has 0 saturated carbocycles. The Balaban J connectivity index is 1.41. The third kappa shape index (κ3) is 5.99. The minimum atomic E-state index is -0.421. The molecule has 1 aromatic carbocycles. The second-order valence-corrected chi connectivity index (χ2v) is 8.93. The van der Waals surface area contributed by atoms with Crippen LogP contribution in [0.4, 0.5) is 4.39 Å². The van der Waals surface area contributed by atoms with Gasteiger partial charge >= 0.3 is 0 Å². The van der Waals surface area contributed by atoms with Crippen molar-refractivity contribution in [2.45, 2.75) is 45.2 Å². The average Bonchev–Trinajstić information content (AvgIpc) is 2.84. The molecule has 1 aliphatic heterocycles. The molecule has 1 N–H and O–H groups in total. The van der Waals surface area contributed by atoms with Gasteiger partial charge in [-0.3, -0.25) is 14.7 Å². The number of nitrogens with zero attached hydrogens (tertiary/aromatic N) is 4. The molecule has 0 unspecified atom stereocenters. The van der Waals surface area contributed by atoms with Crippen molar-refractivity contribution < 1.29 is 9.18 Å². The second kappa shape index (κ2) is 10.6. The third-order valence-corrected chi connectivity index (χ3v) is 6.13. The Morgan fingerprint density at radius 3 is 2.48 bits per heavy atom. The summed E-state index contributed by atoms with van der Waals surface area (Å²) in [6.07, 6.45) is 7.44. The van der Waals surface area contributed by atoms with Gasteiger partial charge in [-0.1, -0.05) is 26.0 Å². The summed E-state index contributed by atoms with van der Waals surface area (Å²) in [5.74, 6) is 0.726. The number of benzene rings is 1. The molecule has 3 heterocycles. The van der Waals surface area contributed by atoms with Crippen molar-refractivity contribution in [2.75, 3.05) is 13.1 Å². The number of pyridine rings is 1. The zero-order chi connectivity index (χ0) is 23.2. The van der Waals surface area contributed by atoms with E-state index in [1.807, 2.05) is 30.6 Å². The lowest BCUT2D eigenvalue weighted by molar-refractivity contribution is 0.0888. The summed E-state index contributed by atoms with van der Waals surface area (Å²) in [6, 6.07) is 11.3. The van der Waals surface area contributed by atoms with E-state index in [1.165, 1.54) is 12.1 Å². The van der Waals surface area contributed by atoms with Crippen LogP contribution >= 0.6 is 0 Å². The lowest BCUT2D eigenvalue weighted by Crippen LogP contribution is -2.41. The number of carbonyl (C=O) groups excluding carboxylic acids is 1. The van der Waals surface area contributed by atoms with E-state index in [-0.39, 0.29) is 17.9 Å². The SMILES string of the molecule is CC(C)c1ncc(CN2CCC([C@@H](NC(=O)c3cccc(F)c3)c3ccccn3)CC2)cn1. The highest BCUT2D eigenvalue weighted by molar-refractivity contribution is 5.94. The summed E-state index contributed by atoms with van der Waals surface area (Å²) in [5, 5.41) is 3.12. The fraction of sp³-hybridized carbons (Fsp3) is 0.385. The molecule has 6 nitrogen and oxygen atoms in total. The molecule has 0 bridgehead atoms. The largest absolute Gasteiger partial charge is 0.343 e. The Morgan fingerprint density at radius 2 is 1.85 bits per heavy atom. The molecule has 1 saturated heterocycles. The van der Waals surface area contributed by atoms with Crippen molar-refractivity contribution in [3.8, 4) is 0 Å². The number of piperidine rings is 1. The number of likely N-dealkylation sites (tertiary alicyclic amines) is 1. The maximum atomic E-state index is 13.6. The van der Waals surface area contributed by atoms with E-state index in [1.54, 1.807) is 18.3 Å². The summed E-state index contributed by atoms with van der Waals surface area (Å²) in [7, 11) is 0. The number of hydrogen-bond donors (Lipinski definition) is 1. The van der Waals surface area contributed by atoms with E-state index in [0.29, 0.717) is 11.5 Å². The van der Waals surface area contributed by atoms with Crippen LogP contribution in [0.25, 0.3) is 0 Å². The molecule has 4 rings (SSSR count). The first-order chi connectivity index (χ1) is 16.0. The van der Waals surface area contributed by atoms with Gasteiger partial charge in [0.25, 0.3) is 5.91 Å². The van der Waals surface area contributed by atoms with Crippen LogP contribution in [-0.4, -0.2) is 38.8 Å². The first-order valence-corrected chi connectivity index (χ1v) is 11.5. The van der Waals surface area contributed by atoms with E-state index in [2.05, 4.69) is 39.0 Å². The molecule has 3 aromatic rings. The first kappa shape index (κ1) is 23.0. The molecule has 33 heavy (non-hydrogen) atoms. The number of hydrogen-bond acceptors (Lipinski definition) is 5. The van der Waals surface area contributed by atoms with Crippen molar-refractivity contribution in [1.82, 2.24) is 25.2 Å². The number of carbonyl (C=O) groups is 1. The van der Waals surface area contributed by atoms with Crippen LogP contribution in [0.2, 0.25) is 0 Å². The molecule has 1 amide bonds. The van der Waals surface area contributed by atoms with Gasteiger partial charge in [-0.05, 0) is 62.2 Å². The topological polar surface area (TPSA) is 71.0 Å². The third-order valence-electron chi connectivity index (χ3n) is 6.13. The smallest absolute Gasteiger partial charge is 0.251 e.